The SMILES string of the molecule is Cc1nc2c(c(NCCCN(C)C)n1)-c1ccc(Cl)cc1C(c1ccccc1)=NC2. The summed E-state index contributed by atoms with van der Waals surface area (Å²) < 4.78 is 0. The molecule has 0 atom stereocenters. The average molecular weight is 420 g/mol. The van der Waals surface area contributed by atoms with Crippen LogP contribution in [-0.4, -0.2) is 47.8 Å². The van der Waals surface area contributed by atoms with Gasteiger partial charge in [0.05, 0.1) is 18.0 Å². The van der Waals surface area contributed by atoms with Crippen LogP contribution in [0.25, 0.3) is 11.1 Å². The molecule has 1 aliphatic rings. The average Bonchev–Trinajstić information content (AvgIpc) is 2.88. The lowest BCUT2D eigenvalue weighted by Crippen LogP contribution is -2.17. The summed E-state index contributed by atoms with van der Waals surface area (Å²) in [4.78, 5) is 16.6. The highest BCUT2D eigenvalue weighted by atomic mass is 35.5. The van der Waals surface area contributed by atoms with E-state index in [2.05, 4.69) is 42.5 Å². The van der Waals surface area contributed by atoms with E-state index < -0.39 is 0 Å². The molecule has 2 aromatic carbocycles. The van der Waals surface area contributed by atoms with Crippen LogP contribution in [0.2, 0.25) is 5.02 Å². The van der Waals surface area contributed by atoms with Gasteiger partial charge in [-0.3, -0.25) is 4.99 Å². The molecule has 0 saturated heterocycles. The standard InChI is InChI=1S/C24H26ClN5/c1-16-28-21-15-27-23(17-8-5-4-6-9-17)20-14-18(25)10-11-19(20)22(21)24(29-16)26-12-7-13-30(2)3/h4-6,8-11,14H,7,12-13,15H2,1-3H3,(H,26,28,29). The Morgan fingerprint density at radius 3 is 2.60 bits per heavy atom. The molecule has 5 nitrogen and oxygen atoms in total. The van der Waals surface area contributed by atoms with Gasteiger partial charge >= 0.3 is 0 Å². The number of aryl methyl sites for hydroxylation is 1. The number of rotatable bonds is 6. The van der Waals surface area contributed by atoms with E-state index in [-0.39, 0.29) is 0 Å². The van der Waals surface area contributed by atoms with Crippen molar-refractivity contribution < 1.29 is 0 Å². The van der Waals surface area contributed by atoms with Gasteiger partial charge in [0.25, 0.3) is 0 Å². The molecular weight excluding hydrogens is 394 g/mol. The van der Waals surface area contributed by atoms with Crippen LogP contribution in [0.4, 0.5) is 5.82 Å². The largest absolute Gasteiger partial charge is 0.369 e. The minimum absolute atomic E-state index is 0.502. The molecule has 3 aromatic rings. The number of anilines is 1. The molecule has 2 heterocycles. The predicted octanol–water partition coefficient (Wildman–Crippen LogP) is 4.82. The predicted molar refractivity (Wildman–Crippen MR) is 125 cm³/mol. The number of nitrogens with zero attached hydrogens (tertiary/aromatic N) is 4. The van der Waals surface area contributed by atoms with Crippen molar-refractivity contribution in [2.24, 2.45) is 4.99 Å². The van der Waals surface area contributed by atoms with Gasteiger partial charge < -0.3 is 10.2 Å². The Labute approximate surface area is 182 Å². The lowest BCUT2D eigenvalue weighted by atomic mass is 9.93. The monoisotopic (exact) mass is 419 g/mol. The first-order valence-electron chi connectivity index (χ1n) is 10.2. The van der Waals surface area contributed by atoms with Crippen molar-refractivity contribution in [3.63, 3.8) is 0 Å². The Morgan fingerprint density at radius 2 is 1.83 bits per heavy atom. The number of halogens is 1. The minimum atomic E-state index is 0.502. The van der Waals surface area contributed by atoms with Crippen molar-refractivity contribution in [2.75, 3.05) is 32.5 Å². The van der Waals surface area contributed by atoms with E-state index in [9.17, 15) is 0 Å². The Hall–Kier alpha value is -2.76. The molecule has 0 aliphatic carbocycles. The van der Waals surface area contributed by atoms with Crippen LogP contribution in [0.3, 0.4) is 0 Å². The second-order valence-electron chi connectivity index (χ2n) is 7.75. The molecule has 154 valence electrons. The number of benzene rings is 2. The minimum Gasteiger partial charge on any atom is -0.369 e. The molecule has 0 unspecified atom stereocenters. The topological polar surface area (TPSA) is 53.4 Å². The van der Waals surface area contributed by atoms with Crippen LogP contribution in [0.1, 0.15) is 29.1 Å². The molecule has 0 bridgehead atoms. The van der Waals surface area contributed by atoms with Gasteiger partial charge in [-0.25, -0.2) is 9.97 Å². The number of hydrogen-bond donors (Lipinski definition) is 1. The smallest absolute Gasteiger partial charge is 0.137 e. The second kappa shape index (κ2) is 8.94. The van der Waals surface area contributed by atoms with Gasteiger partial charge in [0.2, 0.25) is 0 Å². The maximum absolute atomic E-state index is 6.40. The van der Waals surface area contributed by atoms with Crippen molar-refractivity contribution in [1.29, 1.82) is 0 Å². The third-order valence-corrected chi connectivity index (χ3v) is 5.35. The molecule has 4 rings (SSSR count). The van der Waals surface area contributed by atoms with Crippen LogP contribution in [0.5, 0.6) is 0 Å². The summed E-state index contributed by atoms with van der Waals surface area (Å²) >= 11 is 6.40. The van der Waals surface area contributed by atoms with Crippen molar-refractivity contribution in [3.05, 3.63) is 76.2 Å². The quantitative estimate of drug-likeness (QED) is 0.582. The third kappa shape index (κ3) is 4.37. The summed E-state index contributed by atoms with van der Waals surface area (Å²) in [6, 6.07) is 16.2. The van der Waals surface area contributed by atoms with Crippen molar-refractivity contribution in [2.45, 2.75) is 19.9 Å². The molecule has 0 radical (unpaired) electrons. The summed E-state index contributed by atoms with van der Waals surface area (Å²) in [5.74, 6) is 1.61. The van der Waals surface area contributed by atoms with E-state index in [0.29, 0.717) is 11.6 Å². The van der Waals surface area contributed by atoms with Gasteiger partial charge in [-0.05, 0) is 51.7 Å². The van der Waals surface area contributed by atoms with E-state index in [0.717, 1.165) is 64.8 Å². The molecule has 0 amide bonds. The summed E-state index contributed by atoms with van der Waals surface area (Å²) in [5.41, 5.74) is 6.03. The van der Waals surface area contributed by atoms with Gasteiger partial charge in [0.1, 0.15) is 11.6 Å². The number of fused-ring (bicyclic) bond motifs is 3. The zero-order valence-electron chi connectivity index (χ0n) is 17.6. The van der Waals surface area contributed by atoms with Gasteiger partial charge in [-0.2, -0.15) is 0 Å². The van der Waals surface area contributed by atoms with Crippen molar-refractivity contribution in [1.82, 2.24) is 14.9 Å². The fourth-order valence-electron chi connectivity index (χ4n) is 3.77. The summed E-state index contributed by atoms with van der Waals surface area (Å²) in [7, 11) is 4.17. The first-order chi connectivity index (χ1) is 14.5. The molecule has 0 saturated carbocycles. The maximum Gasteiger partial charge on any atom is 0.137 e. The first kappa shape index (κ1) is 20.5. The zero-order chi connectivity index (χ0) is 21.1. The molecular formula is C24H26ClN5. The van der Waals surface area contributed by atoms with Crippen LogP contribution < -0.4 is 5.32 Å². The second-order valence-corrected chi connectivity index (χ2v) is 8.18. The Bertz CT molecular complexity index is 1080. The summed E-state index contributed by atoms with van der Waals surface area (Å²) in [6.45, 7) is 4.30. The maximum atomic E-state index is 6.40. The molecule has 30 heavy (non-hydrogen) atoms. The third-order valence-electron chi connectivity index (χ3n) is 5.11. The highest BCUT2D eigenvalue weighted by molar-refractivity contribution is 6.31. The van der Waals surface area contributed by atoms with Crippen molar-refractivity contribution >= 4 is 23.1 Å². The van der Waals surface area contributed by atoms with E-state index in [1.54, 1.807) is 0 Å². The molecule has 1 N–H and O–H groups in total. The van der Waals surface area contributed by atoms with Gasteiger partial charge in [-0.15, -0.1) is 0 Å². The Morgan fingerprint density at radius 1 is 1.03 bits per heavy atom. The Kier molecular flexibility index (Phi) is 6.11. The zero-order valence-corrected chi connectivity index (χ0v) is 18.4. The fourth-order valence-corrected chi connectivity index (χ4v) is 3.94. The normalized spacial score (nSPS) is 12.8. The highest BCUT2D eigenvalue weighted by Crippen LogP contribution is 2.37. The first-order valence-corrected chi connectivity index (χ1v) is 10.6. The molecule has 1 aromatic heterocycles. The summed E-state index contributed by atoms with van der Waals surface area (Å²) in [6.07, 6.45) is 1.03. The summed E-state index contributed by atoms with van der Waals surface area (Å²) in [5, 5.41) is 4.23. The number of nitrogens with one attached hydrogen (secondary N) is 1. The lowest BCUT2D eigenvalue weighted by molar-refractivity contribution is 0.405. The molecule has 1 aliphatic heterocycles. The van der Waals surface area contributed by atoms with E-state index in [4.69, 9.17) is 26.6 Å². The van der Waals surface area contributed by atoms with Gasteiger partial charge in [-0.1, -0.05) is 48.0 Å². The molecule has 0 spiro atoms. The van der Waals surface area contributed by atoms with E-state index in [1.807, 2.05) is 37.3 Å². The molecule has 0 fully saturated rings. The number of aliphatic imine (C=N–C) groups is 1. The number of hydrogen-bond acceptors (Lipinski definition) is 5. The Balaban J connectivity index is 1.81. The van der Waals surface area contributed by atoms with Crippen LogP contribution >= 0.6 is 11.6 Å². The van der Waals surface area contributed by atoms with Crippen LogP contribution in [-0.2, 0) is 6.54 Å². The van der Waals surface area contributed by atoms with E-state index >= 15 is 0 Å². The van der Waals surface area contributed by atoms with E-state index in [1.165, 1.54) is 0 Å². The van der Waals surface area contributed by atoms with Crippen LogP contribution in [0, 0.1) is 6.92 Å². The van der Waals surface area contributed by atoms with Gasteiger partial charge in [0.15, 0.2) is 0 Å². The highest BCUT2D eigenvalue weighted by Gasteiger charge is 2.24. The fraction of sp³-hybridized carbons (Fsp3) is 0.292. The van der Waals surface area contributed by atoms with Crippen molar-refractivity contribution in [3.8, 4) is 11.1 Å². The van der Waals surface area contributed by atoms with Crippen LogP contribution in [0.15, 0.2) is 53.5 Å². The lowest BCUT2D eigenvalue weighted by Gasteiger charge is -2.17. The number of aromatic nitrogens is 2. The van der Waals surface area contributed by atoms with Gasteiger partial charge in [0, 0.05) is 28.3 Å². The molecule has 6 heteroatoms.